The average Bonchev–Trinajstić information content (AvgIpc) is 2.43. The molecule has 100 valence electrons. The number of nitrogens with one attached hydrogen (secondary N) is 1. The molecule has 0 aliphatic carbocycles. The SMILES string of the molecule is COc1ccc(Cc2ncc(I)c(=O)[nH]2)cc1OC. The number of halogens is 1. The van der Waals surface area contributed by atoms with Crippen molar-refractivity contribution >= 4 is 22.6 Å². The van der Waals surface area contributed by atoms with Gasteiger partial charge >= 0.3 is 0 Å². The van der Waals surface area contributed by atoms with E-state index >= 15 is 0 Å². The number of hydrogen-bond donors (Lipinski definition) is 1. The van der Waals surface area contributed by atoms with E-state index in [4.69, 9.17) is 9.47 Å². The number of methoxy groups -OCH3 is 2. The summed E-state index contributed by atoms with van der Waals surface area (Å²) >= 11 is 1.95. The highest BCUT2D eigenvalue weighted by Crippen LogP contribution is 2.28. The second-order valence-corrected chi connectivity index (χ2v) is 5.04. The zero-order chi connectivity index (χ0) is 13.8. The van der Waals surface area contributed by atoms with Crippen LogP contribution in [0.2, 0.25) is 0 Å². The Kier molecular flexibility index (Phi) is 4.41. The summed E-state index contributed by atoms with van der Waals surface area (Å²) in [5, 5.41) is 0. The van der Waals surface area contributed by atoms with Crippen LogP contribution in [0.5, 0.6) is 11.5 Å². The molecule has 0 fully saturated rings. The maximum atomic E-state index is 11.5. The van der Waals surface area contributed by atoms with E-state index in [-0.39, 0.29) is 5.56 Å². The lowest BCUT2D eigenvalue weighted by Crippen LogP contribution is -2.13. The largest absolute Gasteiger partial charge is 0.493 e. The number of rotatable bonds is 4. The second kappa shape index (κ2) is 6.05. The molecule has 0 unspecified atom stereocenters. The first-order valence-corrected chi connectivity index (χ1v) is 6.66. The normalized spacial score (nSPS) is 10.3. The van der Waals surface area contributed by atoms with E-state index in [2.05, 4.69) is 9.97 Å². The molecule has 5 nitrogen and oxygen atoms in total. The summed E-state index contributed by atoms with van der Waals surface area (Å²) in [7, 11) is 3.18. The highest BCUT2D eigenvalue weighted by molar-refractivity contribution is 14.1. The molecular weight excluding hydrogens is 359 g/mol. The molecule has 0 amide bonds. The van der Waals surface area contributed by atoms with Gasteiger partial charge in [-0.25, -0.2) is 4.98 Å². The van der Waals surface area contributed by atoms with Crippen LogP contribution in [0.1, 0.15) is 11.4 Å². The minimum atomic E-state index is -0.119. The lowest BCUT2D eigenvalue weighted by atomic mass is 10.1. The Morgan fingerprint density at radius 1 is 1.26 bits per heavy atom. The molecule has 1 heterocycles. The van der Waals surface area contributed by atoms with Crippen LogP contribution in [0.4, 0.5) is 0 Å². The van der Waals surface area contributed by atoms with Gasteiger partial charge < -0.3 is 14.5 Å². The van der Waals surface area contributed by atoms with Gasteiger partial charge in [0.25, 0.3) is 5.56 Å². The van der Waals surface area contributed by atoms with Crippen LogP contribution in [0.25, 0.3) is 0 Å². The Morgan fingerprint density at radius 2 is 2.00 bits per heavy atom. The Morgan fingerprint density at radius 3 is 2.63 bits per heavy atom. The number of hydrogen-bond acceptors (Lipinski definition) is 4. The van der Waals surface area contributed by atoms with Gasteiger partial charge in [-0.1, -0.05) is 6.07 Å². The van der Waals surface area contributed by atoms with E-state index in [1.54, 1.807) is 20.4 Å². The first-order valence-electron chi connectivity index (χ1n) is 5.58. The summed E-state index contributed by atoms with van der Waals surface area (Å²) in [5.41, 5.74) is 0.869. The summed E-state index contributed by atoms with van der Waals surface area (Å²) in [6.07, 6.45) is 2.10. The maximum Gasteiger partial charge on any atom is 0.264 e. The molecule has 0 radical (unpaired) electrons. The molecule has 1 aromatic carbocycles. The molecule has 0 atom stereocenters. The summed E-state index contributed by atoms with van der Waals surface area (Å²) in [6.45, 7) is 0. The predicted molar refractivity (Wildman–Crippen MR) is 79.9 cm³/mol. The zero-order valence-corrected chi connectivity index (χ0v) is 12.7. The molecule has 0 spiro atoms. The summed E-state index contributed by atoms with van der Waals surface area (Å²) < 4.78 is 11.0. The van der Waals surface area contributed by atoms with Crippen molar-refractivity contribution in [3.63, 3.8) is 0 Å². The number of H-pyrrole nitrogens is 1. The second-order valence-electron chi connectivity index (χ2n) is 3.87. The van der Waals surface area contributed by atoms with E-state index in [1.807, 2.05) is 40.8 Å². The topological polar surface area (TPSA) is 64.2 Å². The molecule has 0 saturated carbocycles. The van der Waals surface area contributed by atoms with E-state index < -0.39 is 0 Å². The van der Waals surface area contributed by atoms with Crippen LogP contribution in [-0.2, 0) is 6.42 Å². The molecule has 19 heavy (non-hydrogen) atoms. The third-order valence-electron chi connectivity index (χ3n) is 2.63. The van der Waals surface area contributed by atoms with Gasteiger partial charge in [-0.05, 0) is 40.3 Å². The molecular formula is C13H13IN2O3. The summed E-state index contributed by atoms with van der Waals surface area (Å²) in [4.78, 5) is 18.4. The van der Waals surface area contributed by atoms with E-state index in [0.717, 1.165) is 5.56 Å². The number of ether oxygens (including phenoxy) is 2. The molecule has 1 aromatic heterocycles. The standard InChI is InChI=1S/C13H13IN2O3/c1-18-10-4-3-8(5-11(10)19-2)6-12-15-7-9(14)13(17)16-12/h3-5,7H,6H2,1-2H3,(H,15,16,17). The Bertz CT molecular complexity index is 640. The molecule has 6 heteroatoms. The lowest BCUT2D eigenvalue weighted by molar-refractivity contribution is 0.354. The third kappa shape index (κ3) is 3.25. The van der Waals surface area contributed by atoms with Crippen LogP contribution < -0.4 is 15.0 Å². The summed E-state index contributed by atoms with van der Waals surface area (Å²) in [6, 6.07) is 5.62. The highest BCUT2D eigenvalue weighted by Gasteiger charge is 2.06. The van der Waals surface area contributed by atoms with Crippen molar-refractivity contribution in [1.82, 2.24) is 9.97 Å². The first kappa shape index (κ1) is 13.9. The van der Waals surface area contributed by atoms with Crippen LogP contribution >= 0.6 is 22.6 Å². The molecule has 0 aliphatic heterocycles. The van der Waals surface area contributed by atoms with Gasteiger partial charge in [-0.3, -0.25) is 4.79 Å². The highest BCUT2D eigenvalue weighted by atomic mass is 127. The Labute approximate surface area is 124 Å². The third-order valence-corrected chi connectivity index (χ3v) is 3.40. The minimum Gasteiger partial charge on any atom is -0.493 e. The maximum absolute atomic E-state index is 11.5. The predicted octanol–water partition coefficient (Wildman–Crippen LogP) is 1.98. The minimum absolute atomic E-state index is 0.119. The number of nitrogens with zero attached hydrogens (tertiary/aromatic N) is 1. The van der Waals surface area contributed by atoms with Crippen LogP contribution in [0.15, 0.2) is 29.2 Å². The van der Waals surface area contributed by atoms with Crippen LogP contribution in [-0.4, -0.2) is 24.2 Å². The first-order chi connectivity index (χ1) is 9.13. The van der Waals surface area contributed by atoms with Gasteiger partial charge in [0, 0.05) is 12.6 Å². The quantitative estimate of drug-likeness (QED) is 0.834. The van der Waals surface area contributed by atoms with Crippen molar-refractivity contribution in [3.8, 4) is 11.5 Å². The lowest BCUT2D eigenvalue weighted by Gasteiger charge is -2.09. The monoisotopic (exact) mass is 372 g/mol. The van der Waals surface area contributed by atoms with Crippen molar-refractivity contribution in [1.29, 1.82) is 0 Å². The van der Waals surface area contributed by atoms with Gasteiger partial charge in [0.1, 0.15) is 5.82 Å². The molecule has 2 aromatic rings. The molecule has 1 N–H and O–H groups in total. The van der Waals surface area contributed by atoms with E-state index in [9.17, 15) is 4.79 Å². The van der Waals surface area contributed by atoms with E-state index in [0.29, 0.717) is 27.3 Å². The van der Waals surface area contributed by atoms with Gasteiger partial charge in [0.2, 0.25) is 0 Å². The molecule has 0 bridgehead atoms. The fourth-order valence-electron chi connectivity index (χ4n) is 1.69. The van der Waals surface area contributed by atoms with Gasteiger partial charge in [0.05, 0.1) is 17.8 Å². The van der Waals surface area contributed by atoms with Crippen molar-refractivity contribution in [2.24, 2.45) is 0 Å². The van der Waals surface area contributed by atoms with Gasteiger partial charge in [0.15, 0.2) is 11.5 Å². The fraction of sp³-hybridized carbons (Fsp3) is 0.231. The Balaban J connectivity index is 2.28. The number of aromatic amines is 1. The van der Waals surface area contributed by atoms with Crippen molar-refractivity contribution in [2.45, 2.75) is 6.42 Å². The van der Waals surface area contributed by atoms with Crippen molar-refractivity contribution < 1.29 is 9.47 Å². The number of benzene rings is 1. The smallest absolute Gasteiger partial charge is 0.264 e. The van der Waals surface area contributed by atoms with E-state index in [1.165, 1.54) is 0 Å². The molecule has 0 aliphatic rings. The molecule has 0 saturated heterocycles. The van der Waals surface area contributed by atoms with Crippen molar-refractivity contribution in [3.05, 3.63) is 49.7 Å². The Hall–Kier alpha value is -1.57. The van der Waals surface area contributed by atoms with Crippen molar-refractivity contribution in [2.75, 3.05) is 14.2 Å². The van der Waals surface area contributed by atoms with Crippen LogP contribution in [0, 0.1) is 3.57 Å². The van der Waals surface area contributed by atoms with Gasteiger partial charge in [-0.2, -0.15) is 0 Å². The summed E-state index contributed by atoms with van der Waals surface area (Å²) in [5.74, 6) is 1.96. The molecule has 2 rings (SSSR count). The zero-order valence-electron chi connectivity index (χ0n) is 10.6. The average molecular weight is 372 g/mol. The van der Waals surface area contributed by atoms with Crippen LogP contribution in [0.3, 0.4) is 0 Å². The fourth-order valence-corrected chi connectivity index (χ4v) is 1.96. The van der Waals surface area contributed by atoms with Gasteiger partial charge in [-0.15, -0.1) is 0 Å². The number of aromatic nitrogens is 2.